The summed E-state index contributed by atoms with van der Waals surface area (Å²) in [6, 6.07) is 5.93. The molecule has 1 rings (SSSR count). The van der Waals surface area contributed by atoms with Crippen LogP contribution in [0.4, 0.5) is 8.78 Å². The Bertz CT molecular complexity index is 382. The van der Waals surface area contributed by atoms with Crippen LogP contribution in [-0.4, -0.2) is 6.61 Å². The van der Waals surface area contributed by atoms with E-state index in [-0.39, 0.29) is 11.3 Å². The van der Waals surface area contributed by atoms with Gasteiger partial charge in [-0.1, -0.05) is 6.58 Å². The molecule has 0 saturated carbocycles. The molecular weight excluding hydrogens is 188 g/mol. The van der Waals surface area contributed by atoms with Crippen molar-refractivity contribution >= 4 is 0 Å². The van der Waals surface area contributed by atoms with Crippen molar-refractivity contribution in [1.29, 1.82) is 5.26 Å². The minimum Gasteiger partial charge on any atom is -0.434 e. The highest BCUT2D eigenvalue weighted by Crippen LogP contribution is 2.21. The van der Waals surface area contributed by atoms with Crippen LogP contribution in [0, 0.1) is 17.4 Å². The Kier molecular flexibility index (Phi) is 3.19. The van der Waals surface area contributed by atoms with Gasteiger partial charge in [0.25, 0.3) is 0 Å². The molecule has 0 aromatic heterocycles. The van der Waals surface area contributed by atoms with Crippen molar-refractivity contribution in [3.8, 4) is 11.8 Å². The van der Waals surface area contributed by atoms with Gasteiger partial charge in [0.05, 0.1) is 11.6 Å². The van der Waals surface area contributed by atoms with E-state index in [0.717, 1.165) is 0 Å². The van der Waals surface area contributed by atoms with Crippen molar-refractivity contribution in [2.45, 2.75) is 6.61 Å². The van der Waals surface area contributed by atoms with Gasteiger partial charge in [-0.2, -0.15) is 14.0 Å². The molecule has 71 valence electrons. The van der Waals surface area contributed by atoms with Crippen LogP contribution in [0.5, 0.6) is 5.75 Å². The van der Waals surface area contributed by atoms with Crippen molar-refractivity contribution in [3.05, 3.63) is 42.0 Å². The van der Waals surface area contributed by atoms with E-state index in [1.165, 1.54) is 18.2 Å². The molecule has 0 saturated heterocycles. The topological polar surface area (TPSA) is 33.0 Å². The van der Waals surface area contributed by atoms with Gasteiger partial charge in [0.1, 0.15) is 5.75 Å². The lowest BCUT2D eigenvalue weighted by Gasteiger charge is -2.07. The molecule has 2 nitrogen and oxygen atoms in total. The fourth-order valence-corrected chi connectivity index (χ4v) is 0.936. The van der Waals surface area contributed by atoms with Crippen LogP contribution >= 0.6 is 0 Å². The standard InChI is InChI=1S/C10H6F2NO/c1-2-8-5-7(6-13)3-4-9(8)14-10(11)12/h3-5,10H,1H2. The highest BCUT2D eigenvalue weighted by molar-refractivity contribution is 5.44. The summed E-state index contributed by atoms with van der Waals surface area (Å²) in [4.78, 5) is 0. The van der Waals surface area contributed by atoms with E-state index in [4.69, 9.17) is 5.26 Å². The number of nitriles is 1. The summed E-state index contributed by atoms with van der Waals surface area (Å²) < 4.78 is 28.0. The molecule has 0 unspecified atom stereocenters. The van der Waals surface area contributed by atoms with Gasteiger partial charge in [-0.25, -0.2) is 0 Å². The number of alkyl halides is 2. The van der Waals surface area contributed by atoms with E-state index in [1.54, 1.807) is 0 Å². The first-order chi connectivity index (χ1) is 6.67. The summed E-state index contributed by atoms with van der Waals surface area (Å²) in [6.07, 6.45) is 2.42. The lowest BCUT2D eigenvalue weighted by atomic mass is 10.1. The Hall–Kier alpha value is -1.89. The average molecular weight is 194 g/mol. The highest BCUT2D eigenvalue weighted by atomic mass is 19.3. The van der Waals surface area contributed by atoms with Crippen LogP contribution < -0.4 is 4.74 Å². The number of ether oxygens (including phenoxy) is 1. The quantitative estimate of drug-likeness (QED) is 0.740. The molecule has 0 bridgehead atoms. The fraction of sp³-hybridized carbons (Fsp3) is 0.100. The molecule has 0 aliphatic rings. The number of hydrogen-bond acceptors (Lipinski definition) is 2. The number of nitrogens with zero attached hydrogens (tertiary/aromatic N) is 1. The van der Waals surface area contributed by atoms with Crippen molar-refractivity contribution in [2.75, 3.05) is 0 Å². The summed E-state index contributed by atoms with van der Waals surface area (Å²) in [5.74, 6) is -0.0333. The maximum absolute atomic E-state index is 11.9. The molecule has 14 heavy (non-hydrogen) atoms. The smallest absolute Gasteiger partial charge is 0.387 e. The molecular formula is C10H6F2NO. The molecule has 0 heterocycles. The highest BCUT2D eigenvalue weighted by Gasteiger charge is 2.08. The van der Waals surface area contributed by atoms with Crippen LogP contribution in [0.15, 0.2) is 24.8 Å². The summed E-state index contributed by atoms with van der Waals surface area (Å²) in [5.41, 5.74) is 0.599. The van der Waals surface area contributed by atoms with Crippen LogP contribution in [0.2, 0.25) is 0 Å². The fourth-order valence-electron chi connectivity index (χ4n) is 0.936. The largest absolute Gasteiger partial charge is 0.434 e. The maximum atomic E-state index is 11.9. The molecule has 1 aromatic rings. The van der Waals surface area contributed by atoms with Crippen LogP contribution in [-0.2, 0) is 0 Å². The van der Waals surface area contributed by atoms with E-state index in [1.807, 2.05) is 6.07 Å². The Morgan fingerprint density at radius 2 is 2.14 bits per heavy atom. The molecule has 0 N–H and O–H groups in total. The van der Waals surface area contributed by atoms with E-state index in [0.29, 0.717) is 5.56 Å². The molecule has 1 aromatic carbocycles. The number of benzene rings is 1. The average Bonchev–Trinajstić information content (AvgIpc) is 2.17. The first kappa shape index (κ1) is 10.2. The lowest BCUT2D eigenvalue weighted by molar-refractivity contribution is -0.0501. The summed E-state index contributed by atoms with van der Waals surface area (Å²) in [6.45, 7) is 0.421. The molecule has 4 heteroatoms. The van der Waals surface area contributed by atoms with Crippen molar-refractivity contribution in [1.82, 2.24) is 0 Å². The first-order valence-corrected chi connectivity index (χ1v) is 3.69. The van der Waals surface area contributed by atoms with Gasteiger partial charge in [-0.15, -0.1) is 0 Å². The van der Waals surface area contributed by atoms with Gasteiger partial charge in [0, 0.05) is 5.56 Å². The zero-order chi connectivity index (χ0) is 10.6. The molecule has 0 fully saturated rings. The first-order valence-electron chi connectivity index (χ1n) is 3.69. The zero-order valence-electron chi connectivity index (χ0n) is 7.13. The number of halogens is 2. The number of rotatable bonds is 3. The maximum Gasteiger partial charge on any atom is 0.387 e. The van der Waals surface area contributed by atoms with Crippen LogP contribution in [0.1, 0.15) is 11.1 Å². The van der Waals surface area contributed by atoms with Gasteiger partial charge in [0.15, 0.2) is 0 Å². The van der Waals surface area contributed by atoms with E-state index < -0.39 is 6.61 Å². The van der Waals surface area contributed by atoms with Gasteiger partial charge in [-0.3, -0.25) is 0 Å². The van der Waals surface area contributed by atoms with E-state index in [2.05, 4.69) is 17.4 Å². The number of hydrogen-bond donors (Lipinski definition) is 0. The Morgan fingerprint density at radius 1 is 1.43 bits per heavy atom. The van der Waals surface area contributed by atoms with Crippen molar-refractivity contribution in [3.63, 3.8) is 0 Å². The summed E-state index contributed by atoms with van der Waals surface area (Å²) in [5, 5.41) is 8.54. The third kappa shape index (κ3) is 2.30. The third-order valence-corrected chi connectivity index (χ3v) is 1.52. The van der Waals surface area contributed by atoms with Gasteiger partial charge >= 0.3 is 6.61 Å². The normalized spacial score (nSPS) is 9.57. The summed E-state index contributed by atoms with van der Waals surface area (Å²) in [7, 11) is 0. The second-order valence-electron chi connectivity index (χ2n) is 2.38. The molecule has 1 radical (unpaired) electrons. The second-order valence-corrected chi connectivity index (χ2v) is 2.38. The van der Waals surface area contributed by atoms with Crippen LogP contribution in [0.3, 0.4) is 0 Å². The van der Waals surface area contributed by atoms with E-state index in [9.17, 15) is 8.78 Å². The monoisotopic (exact) mass is 194 g/mol. The summed E-state index contributed by atoms with van der Waals surface area (Å²) >= 11 is 0. The second kappa shape index (κ2) is 4.38. The third-order valence-electron chi connectivity index (χ3n) is 1.52. The van der Waals surface area contributed by atoms with Crippen LogP contribution in [0.25, 0.3) is 0 Å². The van der Waals surface area contributed by atoms with Gasteiger partial charge in [0.2, 0.25) is 0 Å². The minimum atomic E-state index is -2.89. The molecule has 0 aliphatic heterocycles. The van der Waals surface area contributed by atoms with E-state index >= 15 is 0 Å². The Morgan fingerprint density at radius 3 is 2.64 bits per heavy atom. The van der Waals surface area contributed by atoms with Gasteiger partial charge in [-0.05, 0) is 24.3 Å². The zero-order valence-corrected chi connectivity index (χ0v) is 7.13. The SMILES string of the molecule is C=[C]c1cc(C#N)ccc1OC(F)F. The van der Waals surface area contributed by atoms with Crippen molar-refractivity contribution < 1.29 is 13.5 Å². The van der Waals surface area contributed by atoms with Crippen molar-refractivity contribution in [2.24, 2.45) is 0 Å². The molecule has 0 atom stereocenters. The Balaban J connectivity index is 3.06. The molecule has 0 spiro atoms. The molecule has 0 amide bonds. The lowest BCUT2D eigenvalue weighted by Crippen LogP contribution is -2.03. The van der Waals surface area contributed by atoms with Gasteiger partial charge < -0.3 is 4.74 Å². The predicted molar refractivity (Wildman–Crippen MR) is 45.8 cm³/mol. The molecule has 0 aliphatic carbocycles. The minimum absolute atomic E-state index is 0.0333. The Labute approximate surface area is 80.0 Å². The predicted octanol–water partition coefficient (Wildman–Crippen LogP) is 2.50.